The maximum atomic E-state index is 11.9. The maximum absolute atomic E-state index is 11.9. The summed E-state index contributed by atoms with van der Waals surface area (Å²) < 4.78 is 11.0. The normalized spacial score (nSPS) is 21.5. The summed E-state index contributed by atoms with van der Waals surface area (Å²) in [6.45, 7) is 5.95. The highest BCUT2D eigenvalue weighted by Gasteiger charge is 2.22. The lowest BCUT2D eigenvalue weighted by atomic mass is 10.1. The van der Waals surface area contributed by atoms with Crippen LogP contribution in [0.15, 0.2) is 24.3 Å². The molecule has 2 fully saturated rings. The van der Waals surface area contributed by atoms with Crippen molar-refractivity contribution >= 4 is 5.91 Å². The Kier molecular flexibility index (Phi) is 5.88. The number of hydrogen-bond acceptors (Lipinski definition) is 4. The largest absolute Gasteiger partial charge is 0.492 e. The molecule has 1 aromatic carbocycles. The van der Waals surface area contributed by atoms with Gasteiger partial charge in [-0.15, -0.1) is 0 Å². The second-order valence-corrected chi connectivity index (χ2v) is 6.32. The number of ether oxygens (including phenoxy) is 2. The topological polar surface area (TPSA) is 50.8 Å². The highest BCUT2D eigenvalue weighted by Crippen LogP contribution is 2.15. The van der Waals surface area contributed by atoms with Gasteiger partial charge in [-0.25, -0.2) is 0 Å². The summed E-state index contributed by atoms with van der Waals surface area (Å²) in [6, 6.07) is 7.97. The number of carbonyl (C=O) groups excluding carboxylic acids is 1. The number of likely N-dealkylation sites (tertiary alicyclic amines) is 1. The predicted molar refractivity (Wildman–Crippen MR) is 88.4 cm³/mol. The molecule has 3 rings (SSSR count). The number of amides is 1. The lowest BCUT2D eigenvalue weighted by molar-refractivity contribution is -0.125. The summed E-state index contributed by atoms with van der Waals surface area (Å²) in [4.78, 5) is 14.4. The van der Waals surface area contributed by atoms with E-state index < -0.39 is 0 Å². The molecule has 0 radical (unpaired) electrons. The van der Waals surface area contributed by atoms with Crippen molar-refractivity contribution in [2.45, 2.75) is 25.8 Å². The van der Waals surface area contributed by atoms with Gasteiger partial charge in [0, 0.05) is 19.7 Å². The van der Waals surface area contributed by atoms with E-state index in [4.69, 9.17) is 9.47 Å². The van der Waals surface area contributed by atoms with Gasteiger partial charge in [-0.1, -0.05) is 12.1 Å². The fourth-order valence-corrected chi connectivity index (χ4v) is 3.08. The summed E-state index contributed by atoms with van der Waals surface area (Å²) in [5.41, 5.74) is 1.09. The van der Waals surface area contributed by atoms with Crippen molar-refractivity contribution in [1.29, 1.82) is 0 Å². The van der Waals surface area contributed by atoms with Crippen molar-refractivity contribution in [3.8, 4) is 5.75 Å². The molecule has 1 N–H and O–H groups in total. The minimum absolute atomic E-state index is 0.0168. The predicted octanol–water partition coefficient (Wildman–Crippen LogP) is 1.81. The van der Waals surface area contributed by atoms with Crippen molar-refractivity contribution in [2.24, 2.45) is 5.92 Å². The smallest absolute Gasteiger partial charge is 0.225 e. The summed E-state index contributed by atoms with van der Waals surface area (Å²) in [5.74, 6) is 1.00. The molecule has 1 atom stereocenters. The van der Waals surface area contributed by atoms with Crippen LogP contribution in [0.25, 0.3) is 0 Å². The highest BCUT2D eigenvalue weighted by molar-refractivity contribution is 5.78. The molecule has 2 heterocycles. The van der Waals surface area contributed by atoms with Crippen LogP contribution in [0, 0.1) is 5.92 Å². The zero-order valence-electron chi connectivity index (χ0n) is 13.6. The maximum Gasteiger partial charge on any atom is 0.225 e. The Balaban J connectivity index is 1.37. The number of hydrogen-bond donors (Lipinski definition) is 1. The molecule has 0 aliphatic carbocycles. The monoisotopic (exact) mass is 318 g/mol. The van der Waals surface area contributed by atoms with E-state index >= 15 is 0 Å². The van der Waals surface area contributed by atoms with Crippen LogP contribution in [0.5, 0.6) is 5.75 Å². The summed E-state index contributed by atoms with van der Waals surface area (Å²) in [5, 5.41) is 2.97. The molecule has 1 amide bonds. The van der Waals surface area contributed by atoms with E-state index in [2.05, 4.69) is 10.2 Å². The molecule has 1 aromatic rings. The van der Waals surface area contributed by atoms with Gasteiger partial charge in [0.15, 0.2) is 0 Å². The molecule has 1 unspecified atom stereocenters. The third-order valence-electron chi connectivity index (χ3n) is 4.57. The number of nitrogens with zero attached hydrogens (tertiary/aromatic N) is 1. The standard InChI is InChI=1S/C18H26N2O3/c21-18(16-7-11-22-14-16)19-13-15-3-5-17(6-4-15)23-12-10-20-8-1-2-9-20/h3-6,16H,1-2,7-14H2,(H,19,21). The molecule has 5 nitrogen and oxygen atoms in total. The van der Waals surface area contributed by atoms with Crippen molar-refractivity contribution in [3.05, 3.63) is 29.8 Å². The van der Waals surface area contributed by atoms with Gasteiger partial charge in [0.1, 0.15) is 12.4 Å². The molecule has 2 aliphatic heterocycles. The molecular formula is C18H26N2O3. The van der Waals surface area contributed by atoms with Gasteiger partial charge in [-0.3, -0.25) is 9.69 Å². The van der Waals surface area contributed by atoms with E-state index in [0.717, 1.165) is 30.9 Å². The van der Waals surface area contributed by atoms with E-state index in [-0.39, 0.29) is 11.8 Å². The Morgan fingerprint density at radius 3 is 2.74 bits per heavy atom. The van der Waals surface area contributed by atoms with Crippen molar-refractivity contribution in [1.82, 2.24) is 10.2 Å². The number of rotatable bonds is 7. The summed E-state index contributed by atoms with van der Waals surface area (Å²) in [7, 11) is 0. The molecule has 5 heteroatoms. The first-order valence-corrected chi connectivity index (χ1v) is 8.61. The minimum Gasteiger partial charge on any atom is -0.492 e. The average molecular weight is 318 g/mol. The Labute approximate surface area is 137 Å². The zero-order chi connectivity index (χ0) is 15.9. The van der Waals surface area contributed by atoms with Crippen LogP contribution in [0.1, 0.15) is 24.8 Å². The third kappa shape index (κ3) is 4.94. The van der Waals surface area contributed by atoms with Crippen LogP contribution in [-0.4, -0.2) is 50.3 Å². The highest BCUT2D eigenvalue weighted by atomic mass is 16.5. The van der Waals surface area contributed by atoms with Crippen LogP contribution >= 0.6 is 0 Å². The average Bonchev–Trinajstić information content (AvgIpc) is 3.27. The van der Waals surface area contributed by atoms with Gasteiger partial charge >= 0.3 is 0 Å². The SMILES string of the molecule is O=C(NCc1ccc(OCCN2CCCC2)cc1)C1CCOC1. The minimum atomic E-state index is 0.0168. The first kappa shape index (κ1) is 16.3. The van der Waals surface area contributed by atoms with Gasteiger partial charge in [-0.05, 0) is 50.0 Å². The van der Waals surface area contributed by atoms with Gasteiger partial charge in [0.2, 0.25) is 5.91 Å². The third-order valence-corrected chi connectivity index (χ3v) is 4.57. The molecule has 2 aliphatic rings. The van der Waals surface area contributed by atoms with Crippen LogP contribution in [0.3, 0.4) is 0 Å². The number of benzene rings is 1. The Hall–Kier alpha value is -1.59. The van der Waals surface area contributed by atoms with Gasteiger partial charge in [0.05, 0.1) is 12.5 Å². The zero-order valence-corrected chi connectivity index (χ0v) is 13.6. The molecule has 23 heavy (non-hydrogen) atoms. The van der Waals surface area contributed by atoms with Crippen LogP contribution in [-0.2, 0) is 16.1 Å². The second kappa shape index (κ2) is 8.31. The molecule has 0 aromatic heterocycles. The Bertz CT molecular complexity index is 491. The fraction of sp³-hybridized carbons (Fsp3) is 0.611. The molecule has 0 spiro atoms. The molecular weight excluding hydrogens is 292 g/mol. The van der Waals surface area contributed by atoms with Gasteiger partial charge in [0.25, 0.3) is 0 Å². The number of nitrogens with one attached hydrogen (secondary N) is 1. The molecule has 2 saturated heterocycles. The second-order valence-electron chi connectivity index (χ2n) is 6.32. The van der Waals surface area contributed by atoms with Gasteiger partial charge in [-0.2, -0.15) is 0 Å². The van der Waals surface area contributed by atoms with Crippen LogP contribution in [0.2, 0.25) is 0 Å². The lowest BCUT2D eigenvalue weighted by Crippen LogP contribution is -2.30. The molecule has 126 valence electrons. The molecule has 0 bridgehead atoms. The first-order valence-electron chi connectivity index (χ1n) is 8.61. The van der Waals surface area contributed by atoms with E-state index in [9.17, 15) is 4.79 Å². The molecule has 0 saturated carbocycles. The van der Waals surface area contributed by atoms with E-state index in [1.807, 2.05) is 24.3 Å². The van der Waals surface area contributed by atoms with E-state index in [1.54, 1.807) is 0 Å². The van der Waals surface area contributed by atoms with Crippen molar-refractivity contribution in [3.63, 3.8) is 0 Å². The fourth-order valence-electron chi connectivity index (χ4n) is 3.08. The van der Waals surface area contributed by atoms with Crippen LogP contribution in [0.4, 0.5) is 0 Å². The first-order chi connectivity index (χ1) is 11.3. The number of carbonyl (C=O) groups is 1. The van der Waals surface area contributed by atoms with E-state index in [1.165, 1.54) is 25.9 Å². The van der Waals surface area contributed by atoms with Crippen LogP contribution < -0.4 is 10.1 Å². The summed E-state index contributed by atoms with van der Waals surface area (Å²) >= 11 is 0. The Morgan fingerprint density at radius 1 is 1.26 bits per heavy atom. The lowest BCUT2D eigenvalue weighted by Gasteiger charge is -2.15. The van der Waals surface area contributed by atoms with Crippen molar-refractivity contribution < 1.29 is 14.3 Å². The van der Waals surface area contributed by atoms with E-state index in [0.29, 0.717) is 19.8 Å². The summed E-state index contributed by atoms with van der Waals surface area (Å²) in [6.07, 6.45) is 3.45. The Morgan fingerprint density at radius 2 is 2.04 bits per heavy atom. The van der Waals surface area contributed by atoms with Crippen molar-refractivity contribution in [2.75, 3.05) is 39.5 Å². The quantitative estimate of drug-likeness (QED) is 0.833. The van der Waals surface area contributed by atoms with Gasteiger partial charge < -0.3 is 14.8 Å².